The summed E-state index contributed by atoms with van der Waals surface area (Å²) in [5.74, 6) is -2.25. The highest BCUT2D eigenvalue weighted by Gasteiger charge is 2.26. The van der Waals surface area contributed by atoms with Gasteiger partial charge in [0.25, 0.3) is 5.56 Å². The molecule has 0 saturated carbocycles. The Morgan fingerprint density at radius 2 is 1.97 bits per heavy atom. The Bertz CT molecular complexity index is 1520. The quantitative estimate of drug-likeness (QED) is 0.459. The van der Waals surface area contributed by atoms with Gasteiger partial charge < -0.3 is 11.5 Å². The molecule has 0 amide bonds. The summed E-state index contributed by atoms with van der Waals surface area (Å²) in [5, 5.41) is 9.34. The Kier molecular flexibility index (Phi) is 5.49. The molecule has 4 aromatic rings. The minimum atomic E-state index is -0.810. The van der Waals surface area contributed by atoms with Gasteiger partial charge in [0.2, 0.25) is 11.9 Å². The highest BCUT2D eigenvalue weighted by molar-refractivity contribution is 6.35. The Morgan fingerprint density at radius 1 is 1.21 bits per heavy atom. The Balaban J connectivity index is 2.17. The lowest BCUT2D eigenvalue weighted by molar-refractivity contribution is 0.619. The van der Waals surface area contributed by atoms with Crippen LogP contribution in [0.3, 0.4) is 0 Å². The number of nitriles is 1. The fourth-order valence-electron chi connectivity index (χ4n) is 3.31. The van der Waals surface area contributed by atoms with Crippen molar-refractivity contribution in [3.05, 3.63) is 63.2 Å². The summed E-state index contributed by atoms with van der Waals surface area (Å²) >= 11 is 6.18. The van der Waals surface area contributed by atoms with Crippen LogP contribution >= 0.6 is 11.6 Å². The molecule has 0 saturated heterocycles. The summed E-state index contributed by atoms with van der Waals surface area (Å²) in [7, 11) is 0. The molecule has 0 aliphatic rings. The van der Waals surface area contributed by atoms with Gasteiger partial charge in [-0.2, -0.15) is 15.2 Å². The smallest absolute Gasteiger partial charge is 0.269 e. The van der Waals surface area contributed by atoms with Crippen molar-refractivity contribution in [1.29, 1.82) is 5.26 Å². The number of nitrogens with zero attached hydrogens (tertiary/aromatic N) is 7. The van der Waals surface area contributed by atoms with Gasteiger partial charge in [0, 0.05) is 12.6 Å². The number of anilines is 4. The van der Waals surface area contributed by atoms with Crippen LogP contribution in [0.5, 0.6) is 0 Å². The number of rotatable bonds is 4. The first-order valence-electron chi connectivity index (χ1n) is 9.39. The van der Waals surface area contributed by atoms with Crippen molar-refractivity contribution in [2.24, 2.45) is 0 Å². The van der Waals surface area contributed by atoms with Gasteiger partial charge in [0.1, 0.15) is 34.6 Å². The van der Waals surface area contributed by atoms with Gasteiger partial charge >= 0.3 is 0 Å². The van der Waals surface area contributed by atoms with E-state index in [1.165, 1.54) is 17.2 Å². The van der Waals surface area contributed by atoms with Gasteiger partial charge in [-0.25, -0.2) is 18.3 Å². The summed E-state index contributed by atoms with van der Waals surface area (Å²) in [6, 6.07) is 5.21. The molecular formula is C20H14ClF2N9O. The van der Waals surface area contributed by atoms with E-state index in [0.29, 0.717) is 0 Å². The summed E-state index contributed by atoms with van der Waals surface area (Å²) in [5.41, 5.74) is 10.3. The molecule has 3 heterocycles. The van der Waals surface area contributed by atoms with E-state index in [4.69, 9.17) is 23.1 Å². The maximum Gasteiger partial charge on any atom is 0.269 e. The Hall–Kier alpha value is -4.37. The van der Waals surface area contributed by atoms with Crippen LogP contribution in [0.15, 0.2) is 35.4 Å². The van der Waals surface area contributed by atoms with Gasteiger partial charge in [0.05, 0.1) is 28.5 Å². The predicted molar refractivity (Wildman–Crippen MR) is 118 cm³/mol. The van der Waals surface area contributed by atoms with E-state index in [-0.39, 0.29) is 57.3 Å². The molecule has 0 fully saturated rings. The fraction of sp³-hybridized carbons (Fsp3) is 0.100. The first-order chi connectivity index (χ1) is 15.8. The van der Waals surface area contributed by atoms with Crippen LogP contribution in [0.1, 0.15) is 12.5 Å². The minimum Gasteiger partial charge on any atom is -0.382 e. The molecule has 4 N–H and O–H groups in total. The zero-order chi connectivity index (χ0) is 23.9. The first kappa shape index (κ1) is 21.8. The summed E-state index contributed by atoms with van der Waals surface area (Å²) in [6.07, 6.45) is 2.17. The van der Waals surface area contributed by atoms with E-state index in [2.05, 4.69) is 19.9 Å². The third-order valence-corrected chi connectivity index (χ3v) is 5.03. The van der Waals surface area contributed by atoms with Crippen LogP contribution in [0.25, 0.3) is 16.6 Å². The molecule has 1 aromatic carbocycles. The second kappa shape index (κ2) is 8.29. The molecule has 3 aromatic heterocycles. The van der Waals surface area contributed by atoms with Crippen LogP contribution in [0.4, 0.5) is 32.3 Å². The lowest BCUT2D eigenvalue weighted by Crippen LogP contribution is -2.31. The molecule has 33 heavy (non-hydrogen) atoms. The number of halogens is 3. The van der Waals surface area contributed by atoms with Crippen molar-refractivity contribution in [3.8, 4) is 11.8 Å². The van der Waals surface area contributed by atoms with Gasteiger partial charge in [-0.3, -0.25) is 14.7 Å². The number of hydrogen-bond donors (Lipinski definition) is 2. The van der Waals surface area contributed by atoms with Crippen molar-refractivity contribution in [1.82, 2.24) is 24.5 Å². The molecule has 0 radical (unpaired) electrons. The maximum atomic E-state index is 14.7. The van der Waals surface area contributed by atoms with Gasteiger partial charge in [-0.05, 0) is 19.1 Å². The third-order valence-electron chi connectivity index (χ3n) is 4.72. The van der Waals surface area contributed by atoms with E-state index >= 15 is 0 Å². The minimum absolute atomic E-state index is 0.0170. The van der Waals surface area contributed by atoms with Crippen LogP contribution in [0.2, 0.25) is 5.02 Å². The number of aromatic nitrogens is 5. The number of hydrogen-bond acceptors (Lipinski definition) is 9. The van der Waals surface area contributed by atoms with Crippen LogP contribution in [0, 0.1) is 23.0 Å². The number of fused-ring (bicyclic) bond motifs is 1. The molecule has 166 valence electrons. The zero-order valence-electron chi connectivity index (χ0n) is 16.9. The second-order valence-electron chi connectivity index (χ2n) is 6.69. The molecule has 13 heteroatoms. The molecule has 0 aliphatic heterocycles. The predicted octanol–water partition coefficient (Wildman–Crippen LogP) is 2.70. The van der Waals surface area contributed by atoms with Gasteiger partial charge in [0.15, 0.2) is 5.82 Å². The number of pyridine rings is 1. The molecule has 10 nitrogen and oxygen atoms in total. The molecule has 0 aliphatic carbocycles. The SMILES string of the molecule is CCN(c1nc(N)nc(N)c1C#N)c1nc2c(F)ccc(Cl)c2c(=O)n1-c1cncc(F)c1. The van der Waals surface area contributed by atoms with Crippen molar-refractivity contribution < 1.29 is 8.78 Å². The van der Waals surface area contributed by atoms with Crippen molar-refractivity contribution in [2.45, 2.75) is 6.92 Å². The highest BCUT2D eigenvalue weighted by atomic mass is 35.5. The van der Waals surface area contributed by atoms with E-state index in [0.717, 1.165) is 22.9 Å². The van der Waals surface area contributed by atoms with Crippen molar-refractivity contribution in [2.75, 3.05) is 22.9 Å². The molecule has 0 bridgehead atoms. The Morgan fingerprint density at radius 3 is 2.64 bits per heavy atom. The monoisotopic (exact) mass is 469 g/mol. The second-order valence-corrected chi connectivity index (χ2v) is 7.10. The van der Waals surface area contributed by atoms with Gasteiger partial charge in [-0.1, -0.05) is 11.6 Å². The molecule has 0 spiro atoms. The lowest BCUT2D eigenvalue weighted by Gasteiger charge is -2.25. The number of nitrogens with two attached hydrogens (primary N) is 2. The van der Waals surface area contributed by atoms with E-state index in [1.54, 1.807) is 6.92 Å². The highest BCUT2D eigenvalue weighted by Crippen LogP contribution is 2.31. The maximum absolute atomic E-state index is 14.7. The standard InChI is InChI=1S/C20H14ClF2N9O/c1-2-31(17-11(6-24)16(25)29-19(26)30-17)20-28-15-13(23)4-3-12(21)14(15)18(33)32(20)10-5-9(22)7-27-8-10/h3-5,7-8H,2H2,1H3,(H4,25,26,29,30). The lowest BCUT2D eigenvalue weighted by atomic mass is 10.2. The number of benzene rings is 1. The van der Waals surface area contributed by atoms with Crippen LogP contribution < -0.4 is 21.9 Å². The summed E-state index contributed by atoms with van der Waals surface area (Å²) in [4.78, 5) is 30.8. The molecular weight excluding hydrogens is 456 g/mol. The van der Waals surface area contributed by atoms with Crippen molar-refractivity contribution >= 4 is 46.0 Å². The molecule has 4 rings (SSSR count). The van der Waals surface area contributed by atoms with E-state index in [1.807, 2.05) is 6.07 Å². The average Bonchev–Trinajstić information content (AvgIpc) is 2.76. The molecule has 0 atom stereocenters. The van der Waals surface area contributed by atoms with E-state index < -0.39 is 17.2 Å². The average molecular weight is 470 g/mol. The number of nitrogen functional groups attached to an aromatic ring is 2. The topological polar surface area (TPSA) is 153 Å². The third kappa shape index (κ3) is 3.64. The van der Waals surface area contributed by atoms with Crippen LogP contribution in [-0.2, 0) is 0 Å². The normalized spacial score (nSPS) is 10.9. The Labute approximate surface area is 189 Å². The molecule has 0 unspecified atom stereocenters. The zero-order valence-corrected chi connectivity index (χ0v) is 17.7. The van der Waals surface area contributed by atoms with Gasteiger partial charge in [-0.15, -0.1) is 0 Å². The summed E-state index contributed by atoms with van der Waals surface area (Å²) in [6.45, 7) is 1.74. The largest absolute Gasteiger partial charge is 0.382 e. The van der Waals surface area contributed by atoms with E-state index in [9.17, 15) is 18.8 Å². The summed E-state index contributed by atoms with van der Waals surface area (Å²) < 4.78 is 29.7. The fourth-order valence-corrected chi connectivity index (χ4v) is 3.55. The van der Waals surface area contributed by atoms with Crippen molar-refractivity contribution in [3.63, 3.8) is 0 Å². The first-order valence-corrected chi connectivity index (χ1v) is 9.76. The van der Waals surface area contributed by atoms with Crippen LogP contribution in [-0.4, -0.2) is 31.0 Å².